The van der Waals surface area contributed by atoms with Crippen LogP contribution >= 0.6 is 23.2 Å². The maximum Gasteiger partial charge on any atom is 0.248 e. The van der Waals surface area contributed by atoms with Crippen LogP contribution in [0.5, 0.6) is 5.75 Å². The first kappa shape index (κ1) is 27.4. The molecule has 0 spiro atoms. The number of amides is 1. The standard InChI is InChI=1S/C22H34Cl2N4O5S/c1-25-6-4-18(5-7-25)27-8-10-28(11-9-27)21(29)16-33-13-12-26(2)34(30,31)22-19(24)14-17(23)15-20(22)32-3/h14-15,18H,4-13,16H2,1-3H3. The van der Waals surface area contributed by atoms with Crippen LogP contribution < -0.4 is 4.74 Å². The summed E-state index contributed by atoms with van der Waals surface area (Å²) in [7, 11) is 0.994. The van der Waals surface area contributed by atoms with Gasteiger partial charge in [-0.2, -0.15) is 4.31 Å². The number of carbonyl (C=O) groups excluding carboxylic acids is 1. The summed E-state index contributed by atoms with van der Waals surface area (Å²) in [6.07, 6.45) is 2.36. The Balaban J connectivity index is 1.43. The van der Waals surface area contributed by atoms with Crippen molar-refractivity contribution in [3.8, 4) is 5.75 Å². The molecule has 2 aliphatic rings. The molecule has 3 rings (SSSR count). The van der Waals surface area contributed by atoms with Crippen molar-refractivity contribution in [2.75, 3.05) is 80.2 Å². The van der Waals surface area contributed by atoms with Gasteiger partial charge in [0.05, 0.1) is 18.7 Å². The van der Waals surface area contributed by atoms with Crippen LogP contribution in [0.15, 0.2) is 17.0 Å². The Morgan fingerprint density at radius 1 is 1.12 bits per heavy atom. The molecule has 0 aliphatic carbocycles. The molecule has 0 atom stereocenters. The van der Waals surface area contributed by atoms with Crippen molar-refractivity contribution in [3.05, 3.63) is 22.2 Å². The fourth-order valence-corrected chi connectivity index (χ4v) is 6.45. The van der Waals surface area contributed by atoms with Crippen molar-refractivity contribution in [3.63, 3.8) is 0 Å². The van der Waals surface area contributed by atoms with Gasteiger partial charge >= 0.3 is 0 Å². The number of benzene rings is 1. The zero-order valence-corrected chi connectivity index (χ0v) is 22.3. The van der Waals surface area contributed by atoms with E-state index >= 15 is 0 Å². The lowest BCUT2D eigenvalue weighted by molar-refractivity contribution is -0.138. The molecule has 0 saturated carbocycles. The van der Waals surface area contributed by atoms with Crippen LogP contribution in [0.4, 0.5) is 0 Å². The summed E-state index contributed by atoms with van der Waals surface area (Å²) in [6, 6.07) is 3.36. The van der Waals surface area contributed by atoms with Crippen molar-refractivity contribution in [2.24, 2.45) is 0 Å². The lowest BCUT2D eigenvalue weighted by Gasteiger charge is -2.42. The molecule has 1 aromatic rings. The van der Waals surface area contributed by atoms with Crippen LogP contribution in [-0.2, 0) is 19.6 Å². The number of halogens is 2. The highest BCUT2D eigenvalue weighted by molar-refractivity contribution is 7.89. The van der Waals surface area contributed by atoms with Crippen molar-refractivity contribution >= 4 is 39.1 Å². The summed E-state index contributed by atoms with van der Waals surface area (Å²) in [5.41, 5.74) is 0. The Morgan fingerprint density at radius 2 is 1.76 bits per heavy atom. The zero-order valence-electron chi connectivity index (χ0n) is 20.0. The third-order valence-corrected chi connectivity index (χ3v) is 9.08. The molecule has 34 heavy (non-hydrogen) atoms. The lowest BCUT2D eigenvalue weighted by Crippen LogP contribution is -2.54. The van der Waals surface area contributed by atoms with E-state index in [4.69, 9.17) is 32.7 Å². The van der Waals surface area contributed by atoms with Gasteiger partial charge in [-0.3, -0.25) is 9.69 Å². The number of rotatable bonds is 9. The number of methoxy groups -OCH3 is 1. The molecular weight excluding hydrogens is 503 g/mol. The Kier molecular flexibility index (Phi) is 9.85. The highest BCUT2D eigenvalue weighted by Gasteiger charge is 2.30. The second-order valence-electron chi connectivity index (χ2n) is 8.75. The summed E-state index contributed by atoms with van der Waals surface area (Å²) < 4.78 is 37.7. The SMILES string of the molecule is COc1cc(Cl)cc(Cl)c1S(=O)(=O)N(C)CCOCC(=O)N1CCN(C2CCN(C)CC2)CC1. The highest BCUT2D eigenvalue weighted by Crippen LogP contribution is 2.36. The monoisotopic (exact) mass is 536 g/mol. The van der Waals surface area contributed by atoms with E-state index in [2.05, 4.69) is 16.8 Å². The van der Waals surface area contributed by atoms with Crippen LogP contribution in [0.2, 0.25) is 10.0 Å². The Bertz CT molecular complexity index is 949. The molecular formula is C22H34Cl2N4O5S. The zero-order chi connectivity index (χ0) is 24.9. The van der Waals surface area contributed by atoms with E-state index in [9.17, 15) is 13.2 Å². The molecule has 1 amide bonds. The van der Waals surface area contributed by atoms with E-state index in [0.29, 0.717) is 19.1 Å². The normalized spacial score (nSPS) is 19.1. The second-order valence-corrected chi connectivity index (χ2v) is 11.6. The van der Waals surface area contributed by atoms with Crippen LogP contribution in [0.3, 0.4) is 0 Å². The van der Waals surface area contributed by atoms with Gasteiger partial charge in [-0.05, 0) is 39.0 Å². The molecule has 2 saturated heterocycles. The number of hydrogen-bond acceptors (Lipinski definition) is 7. The van der Waals surface area contributed by atoms with Gasteiger partial charge in [-0.1, -0.05) is 23.2 Å². The second kappa shape index (κ2) is 12.2. The lowest BCUT2D eigenvalue weighted by atomic mass is 10.0. The number of piperidine rings is 1. The third-order valence-electron chi connectivity index (χ3n) is 6.51. The molecule has 0 bridgehead atoms. The van der Waals surface area contributed by atoms with Crippen molar-refractivity contribution < 1.29 is 22.7 Å². The average molecular weight is 538 g/mol. The summed E-state index contributed by atoms with van der Waals surface area (Å²) in [4.78, 5) is 19.1. The van der Waals surface area contributed by atoms with Crippen LogP contribution in [0, 0.1) is 0 Å². The van der Waals surface area contributed by atoms with Crippen LogP contribution in [0.1, 0.15) is 12.8 Å². The van der Waals surface area contributed by atoms with Crippen molar-refractivity contribution in [1.29, 1.82) is 0 Å². The van der Waals surface area contributed by atoms with Crippen molar-refractivity contribution in [2.45, 2.75) is 23.8 Å². The molecule has 2 aliphatic heterocycles. The summed E-state index contributed by atoms with van der Waals surface area (Å²) in [6.45, 7) is 5.45. The first-order chi connectivity index (χ1) is 16.1. The summed E-state index contributed by atoms with van der Waals surface area (Å²) >= 11 is 12.1. The fraction of sp³-hybridized carbons (Fsp3) is 0.682. The predicted octanol–water partition coefficient (Wildman–Crippen LogP) is 1.88. The van der Waals surface area contributed by atoms with Gasteiger partial charge in [0.25, 0.3) is 0 Å². The van der Waals surface area contributed by atoms with Gasteiger partial charge in [0, 0.05) is 56.9 Å². The molecule has 0 unspecified atom stereocenters. The van der Waals surface area contributed by atoms with E-state index in [-0.39, 0.29) is 46.4 Å². The number of ether oxygens (including phenoxy) is 2. The molecule has 9 nitrogen and oxygen atoms in total. The molecule has 0 N–H and O–H groups in total. The van der Waals surface area contributed by atoms with E-state index in [0.717, 1.165) is 30.5 Å². The highest BCUT2D eigenvalue weighted by atomic mass is 35.5. The number of piperazine rings is 1. The first-order valence-corrected chi connectivity index (χ1v) is 13.6. The molecule has 192 valence electrons. The van der Waals surface area contributed by atoms with E-state index in [1.165, 1.54) is 39.1 Å². The quantitative estimate of drug-likeness (QED) is 0.445. The third kappa shape index (κ3) is 6.75. The number of hydrogen-bond donors (Lipinski definition) is 0. The molecule has 0 aromatic heterocycles. The molecule has 12 heteroatoms. The van der Waals surface area contributed by atoms with Gasteiger partial charge in [-0.15, -0.1) is 0 Å². The van der Waals surface area contributed by atoms with Gasteiger partial charge in [0.15, 0.2) is 0 Å². The largest absolute Gasteiger partial charge is 0.495 e. The van der Waals surface area contributed by atoms with Crippen LogP contribution in [-0.4, -0.2) is 120 Å². The fourth-order valence-electron chi connectivity index (χ4n) is 4.36. The number of sulfonamides is 1. The van der Waals surface area contributed by atoms with E-state index in [1.54, 1.807) is 0 Å². The average Bonchev–Trinajstić information content (AvgIpc) is 2.81. The Hall–Kier alpha value is -1.14. The number of carbonyl (C=O) groups is 1. The van der Waals surface area contributed by atoms with E-state index in [1.807, 2.05) is 4.90 Å². The topological polar surface area (TPSA) is 82.6 Å². The van der Waals surface area contributed by atoms with Gasteiger partial charge in [0.2, 0.25) is 15.9 Å². The predicted molar refractivity (Wildman–Crippen MR) is 132 cm³/mol. The molecule has 1 aromatic carbocycles. The minimum Gasteiger partial charge on any atom is -0.495 e. The Morgan fingerprint density at radius 3 is 2.38 bits per heavy atom. The first-order valence-electron chi connectivity index (χ1n) is 11.4. The minimum absolute atomic E-state index is 0.0216. The minimum atomic E-state index is -3.94. The maximum atomic E-state index is 13.0. The summed E-state index contributed by atoms with van der Waals surface area (Å²) in [5, 5.41) is 0.254. The number of likely N-dealkylation sites (N-methyl/N-ethyl adjacent to an activating group) is 1. The summed E-state index contributed by atoms with van der Waals surface area (Å²) in [5.74, 6) is -0.00390. The maximum absolute atomic E-state index is 13.0. The number of nitrogens with zero attached hydrogens (tertiary/aromatic N) is 4. The van der Waals surface area contributed by atoms with Gasteiger partial charge < -0.3 is 19.3 Å². The van der Waals surface area contributed by atoms with Crippen LogP contribution in [0.25, 0.3) is 0 Å². The van der Waals surface area contributed by atoms with Gasteiger partial charge in [-0.25, -0.2) is 8.42 Å². The smallest absolute Gasteiger partial charge is 0.248 e. The number of likely N-dealkylation sites (tertiary alicyclic amines) is 1. The molecule has 2 heterocycles. The Labute approximate surface area is 212 Å². The van der Waals surface area contributed by atoms with E-state index < -0.39 is 10.0 Å². The van der Waals surface area contributed by atoms with Gasteiger partial charge in [0.1, 0.15) is 17.3 Å². The molecule has 2 fully saturated rings. The molecule has 0 radical (unpaired) electrons. The van der Waals surface area contributed by atoms with Crippen molar-refractivity contribution in [1.82, 2.24) is 19.0 Å².